The molecule has 0 aromatic heterocycles. The van der Waals surface area contributed by atoms with Gasteiger partial charge in [-0.05, 0) is 15.9 Å². The first-order chi connectivity index (χ1) is 17.9. The Labute approximate surface area is 222 Å². The summed E-state index contributed by atoms with van der Waals surface area (Å²) in [6, 6.07) is 0. The maximum Gasteiger partial charge on any atom is 0.460 e. The van der Waals surface area contributed by atoms with Crippen molar-refractivity contribution in [1.29, 1.82) is 0 Å². The topological polar surface area (TPSA) is 0 Å². The molecule has 0 amide bonds. The first kappa shape index (κ1) is 41.5. The first-order valence-electron chi connectivity index (χ1n) is 8.84. The zero-order valence-corrected chi connectivity index (χ0v) is 19.6. The van der Waals surface area contributed by atoms with Gasteiger partial charge in [-0.15, -0.1) is 0 Å². The Morgan fingerprint density at radius 1 is 0.279 bits per heavy atom. The fourth-order valence-corrected chi connectivity index (χ4v) is 2.57. The molecule has 0 aromatic carbocycles. The molecule has 0 saturated heterocycles. The van der Waals surface area contributed by atoms with E-state index in [0.717, 1.165) is 0 Å². The van der Waals surface area contributed by atoms with Gasteiger partial charge in [-0.2, -0.15) is 119 Å². The Balaban J connectivity index is 7.34. The molecule has 0 aliphatic carbocycles. The Morgan fingerprint density at radius 3 is 0.674 bits per heavy atom. The van der Waals surface area contributed by atoms with Crippen LogP contribution in [0.25, 0.3) is 0 Å². The van der Waals surface area contributed by atoms with E-state index in [2.05, 4.69) is 0 Å². The van der Waals surface area contributed by atoms with E-state index >= 15 is 0 Å². The third kappa shape index (κ3) is 5.01. The highest BCUT2D eigenvalue weighted by Gasteiger charge is 2.98. The molecule has 0 bridgehead atoms. The lowest BCUT2D eigenvalue weighted by molar-refractivity contribution is -0.477. The molecule has 29 heteroatoms. The van der Waals surface area contributed by atoms with Gasteiger partial charge in [0.05, 0.1) is 0 Å². The molecule has 0 aromatic rings. The van der Waals surface area contributed by atoms with Gasteiger partial charge in [0.15, 0.2) is 0 Å². The summed E-state index contributed by atoms with van der Waals surface area (Å²) < 4.78 is 367. The van der Waals surface area contributed by atoms with Crippen LogP contribution in [0.15, 0.2) is 0 Å². The molecule has 1 unspecified atom stereocenters. The highest BCUT2D eigenvalue weighted by atomic mass is 79.9. The maximum atomic E-state index is 13.6. The first-order valence-corrected chi connectivity index (χ1v) is 9.63. The Kier molecular flexibility index (Phi) is 9.66. The lowest BCUT2D eigenvalue weighted by atomic mass is 9.84. The van der Waals surface area contributed by atoms with Crippen molar-refractivity contribution < 1.29 is 123 Å². The van der Waals surface area contributed by atoms with Crippen LogP contribution in [-0.2, 0) is 0 Å². The van der Waals surface area contributed by atoms with E-state index in [0.29, 0.717) is 0 Å². The lowest BCUT2D eigenvalue weighted by Gasteiger charge is -2.45. The number of alkyl halides is 29. The van der Waals surface area contributed by atoms with Crippen LogP contribution in [-0.4, -0.2) is 82.3 Å². The van der Waals surface area contributed by atoms with Crippen molar-refractivity contribution >= 4 is 15.9 Å². The van der Waals surface area contributed by atoms with E-state index in [4.69, 9.17) is 0 Å². The fraction of sp³-hybridized carbons (Fsp3) is 1.00. The second kappa shape index (κ2) is 10.0. The average molecular weight is 781 g/mol. The van der Waals surface area contributed by atoms with Gasteiger partial charge in [0.1, 0.15) is 0 Å². The maximum absolute atomic E-state index is 13.6. The van der Waals surface area contributed by atoms with Crippen LogP contribution >= 0.6 is 15.9 Å². The predicted molar refractivity (Wildman–Crippen MR) is 79.2 cm³/mol. The summed E-state index contributed by atoms with van der Waals surface area (Å²) in [6.45, 7) is 0. The Hall–Kier alpha value is -1.48. The summed E-state index contributed by atoms with van der Waals surface area (Å²) in [4.78, 5) is -6.73. The van der Waals surface area contributed by atoms with Crippen molar-refractivity contribution in [2.75, 3.05) is 0 Å². The third-order valence-electron chi connectivity index (χ3n) is 4.95. The second-order valence-electron chi connectivity index (χ2n) is 7.77. The molecule has 43 heavy (non-hydrogen) atoms. The van der Waals surface area contributed by atoms with Gasteiger partial charge in [-0.3, -0.25) is 0 Å². The SMILES string of the molecule is FC(C(F)(F)C(F)(F)C(F)(F)Br)C(F)(F)C(F)(F)C(F)(F)C(F)(F)C(F)(F)C(F)(F)C(F)(F)C(F)(F)C(F)(F)C(F)(F)F. The summed E-state index contributed by atoms with van der Waals surface area (Å²) in [6.07, 6.45) is -15.6. The molecule has 1 atom stereocenters. The molecule has 0 rings (SSSR count). The van der Waals surface area contributed by atoms with Gasteiger partial charge in [0.25, 0.3) is 0 Å². The quantitative estimate of drug-likeness (QED) is 0.137. The number of halogens is 29. The van der Waals surface area contributed by atoms with Crippen LogP contribution < -0.4 is 0 Å². The molecule has 0 spiro atoms. The molecule has 0 nitrogen and oxygen atoms in total. The Bertz CT molecular complexity index is 1010. The summed E-state index contributed by atoms with van der Waals surface area (Å²) in [5.41, 5.74) is 0. The van der Waals surface area contributed by atoms with Crippen LogP contribution in [0, 0.1) is 0 Å². The van der Waals surface area contributed by atoms with Crippen molar-refractivity contribution in [3.63, 3.8) is 0 Å². The minimum atomic E-state index is -9.72. The van der Waals surface area contributed by atoms with Crippen LogP contribution in [0.1, 0.15) is 0 Å². The molecule has 0 N–H and O–H groups in total. The molecule has 0 radical (unpaired) electrons. The van der Waals surface area contributed by atoms with E-state index in [1.165, 1.54) is 0 Å². The van der Waals surface area contributed by atoms with Crippen molar-refractivity contribution in [1.82, 2.24) is 0 Å². The largest absolute Gasteiger partial charge is 0.460 e. The summed E-state index contributed by atoms with van der Waals surface area (Å²) >= 11 is 0.232. The second-order valence-corrected chi connectivity index (χ2v) is 8.77. The number of hydrogen-bond donors (Lipinski definition) is 0. The van der Waals surface area contributed by atoms with Crippen molar-refractivity contribution in [3.8, 4) is 0 Å². The number of rotatable bonds is 12. The highest BCUT2D eigenvalue weighted by molar-refractivity contribution is 9.10. The van der Waals surface area contributed by atoms with Gasteiger partial charge in [0.2, 0.25) is 6.17 Å². The summed E-state index contributed by atoms with van der Waals surface area (Å²) in [7, 11) is 0. The van der Waals surface area contributed by atoms with Crippen LogP contribution in [0.4, 0.5) is 123 Å². The predicted octanol–water partition coefficient (Wildman–Crippen LogP) is 9.86. The molecule has 0 saturated carbocycles. The van der Waals surface area contributed by atoms with Gasteiger partial charge in [0, 0.05) is 0 Å². The lowest BCUT2D eigenvalue weighted by Crippen LogP contribution is -2.77. The van der Waals surface area contributed by atoms with Gasteiger partial charge >= 0.3 is 76.2 Å². The number of hydrogen-bond acceptors (Lipinski definition) is 0. The standard InChI is InChI=1S/C14HBrF28/c15-13(39,40)5(23,24)3(19,20)1(16)2(17,18)4(21,22)6(25,26)7(27,28)8(29,30)9(31,32)10(33,34)11(35,36)12(37,38)14(41,42)43/h1H. The molecule has 260 valence electrons. The molecule has 0 aliphatic rings. The zero-order valence-electron chi connectivity index (χ0n) is 18.0. The average Bonchev–Trinajstić information content (AvgIpc) is 2.75. The molecule has 0 heterocycles. The molecule has 0 aliphatic heterocycles. The minimum absolute atomic E-state index is 0.232. The molecule has 0 fully saturated rings. The van der Waals surface area contributed by atoms with Crippen LogP contribution in [0.3, 0.4) is 0 Å². The van der Waals surface area contributed by atoms with E-state index in [1.54, 1.807) is 0 Å². The normalized spacial score (nSPS) is 17.8. The smallest absolute Gasteiger partial charge is 0.234 e. The van der Waals surface area contributed by atoms with Crippen LogP contribution in [0.2, 0.25) is 0 Å². The molecular weight excluding hydrogens is 780 g/mol. The third-order valence-corrected chi connectivity index (χ3v) is 5.44. The van der Waals surface area contributed by atoms with Gasteiger partial charge in [-0.1, -0.05) is 0 Å². The summed E-state index contributed by atoms with van der Waals surface area (Å²) in [5.74, 6) is -100. The van der Waals surface area contributed by atoms with E-state index < -0.39 is 82.3 Å². The van der Waals surface area contributed by atoms with Crippen LogP contribution in [0.5, 0.6) is 0 Å². The molecular formula is C14HBrF28. The van der Waals surface area contributed by atoms with Crippen molar-refractivity contribution in [2.45, 2.75) is 82.3 Å². The minimum Gasteiger partial charge on any atom is -0.234 e. The summed E-state index contributed by atoms with van der Waals surface area (Å²) in [5, 5.41) is 0. The zero-order chi connectivity index (χ0) is 36.1. The highest BCUT2D eigenvalue weighted by Crippen LogP contribution is 2.67. The van der Waals surface area contributed by atoms with E-state index in [-0.39, 0.29) is 15.9 Å². The van der Waals surface area contributed by atoms with E-state index in [1.807, 2.05) is 0 Å². The van der Waals surface area contributed by atoms with Gasteiger partial charge in [-0.25, -0.2) is 4.39 Å². The monoisotopic (exact) mass is 780 g/mol. The van der Waals surface area contributed by atoms with E-state index in [9.17, 15) is 123 Å². The van der Waals surface area contributed by atoms with Crippen molar-refractivity contribution in [2.24, 2.45) is 0 Å². The van der Waals surface area contributed by atoms with Gasteiger partial charge < -0.3 is 0 Å². The Morgan fingerprint density at radius 2 is 0.465 bits per heavy atom. The fourth-order valence-electron chi connectivity index (χ4n) is 2.31. The van der Waals surface area contributed by atoms with Crippen molar-refractivity contribution in [3.05, 3.63) is 0 Å².